The number of benzene rings is 2. The molecule has 0 spiro atoms. The predicted octanol–water partition coefficient (Wildman–Crippen LogP) is 3.14. The molecule has 0 aromatic heterocycles. The molecule has 1 saturated heterocycles. The first-order valence-electron chi connectivity index (χ1n) is 14.6. The Hall–Kier alpha value is -4.02. The van der Waals surface area contributed by atoms with Gasteiger partial charge in [0, 0.05) is 43.7 Å². The summed E-state index contributed by atoms with van der Waals surface area (Å²) in [6, 6.07) is 12.8. The second-order valence-corrected chi connectivity index (χ2v) is 11.0. The second kappa shape index (κ2) is 13.3. The first-order valence-corrected chi connectivity index (χ1v) is 14.6. The Morgan fingerprint density at radius 3 is 2.76 bits per heavy atom. The van der Waals surface area contributed by atoms with Gasteiger partial charge in [-0.15, -0.1) is 0 Å². The molecule has 10 nitrogen and oxygen atoms in total. The number of carboxylic acid groups (broad SMARTS) is 1. The van der Waals surface area contributed by atoms with Crippen molar-refractivity contribution in [1.29, 1.82) is 0 Å². The number of hydrogen-bond acceptors (Lipinski definition) is 7. The van der Waals surface area contributed by atoms with Crippen LogP contribution >= 0.6 is 0 Å². The molecule has 10 heteroatoms. The number of likely N-dealkylation sites (tertiary alicyclic amines) is 1. The van der Waals surface area contributed by atoms with Crippen molar-refractivity contribution in [3.05, 3.63) is 65.7 Å². The van der Waals surface area contributed by atoms with Gasteiger partial charge in [0.1, 0.15) is 0 Å². The molecule has 5 rings (SSSR count). The van der Waals surface area contributed by atoms with E-state index in [1.165, 1.54) is 0 Å². The molecular weight excluding hydrogens is 536 g/mol. The summed E-state index contributed by atoms with van der Waals surface area (Å²) < 4.78 is 12.7. The number of aliphatic carboxylic acids is 1. The Morgan fingerprint density at radius 2 is 2.00 bits per heavy atom. The average molecular weight is 576 g/mol. The molecule has 2 aromatic carbocycles. The molecular formula is C32H39N4O6+. The number of fused-ring (bicyclic) bond motifs is 1. The summed E-state index contributed by atoms with van der Waals surface area (Å²) in [4.78, 5) is 43.1. The first-order chi connectivity index (χ1) is 20.4. The number of anilines is 1. The van der Waals surface area contributed by atoms with Crippen molar-refractivity contribution in [2.75, 3.05) is 37.9 Å². The van der Waals surface area contributed by atoms with Gasteiger partial charge >= 0.3 is 11.9 Å². The summed E-state index contributed by atoms with van der Waals surface area (Å²) in [7, 11) is 0. The lowest BCUT2D eigenvalue weighted by atomic mass is 9.84. The molecule has 3 heterocycles. The van der Waals surface area contributed by atoms with E-state index in [9.17, 15) is 19.5 Å². The SMILES string of the molecule is CCCCN(C(=O)CN1C[C@H](c2ccc3c(c2)OCO3)[C@@H](C(=O)O)[C@@H]1CC[N+]1=CC=CCC1=O)c1cccc(CN)c1. The third-order valence-corrected chi connectivity index (χ3v) is 8.37. The monoisotopic (exact) mass is 575 g/mol. The summed E-state index contributed by atoms with van der Waals surface area (Å²) in [6.07, 6.45) is 7.87. The van der Waals surface area contributed by atoms with Crippen LogP contribution in [0.15, 0.2) is 54.6 Å². The third kappa shape index (κ3) is 6.39. The molecule has 3 aliphatic heterocycles. The Balaban J connectivity index is 1.44. The number of hydrogen-bond donors (Lipinski definition) is 2. The van der Waals surface area contributed by atoms with E-state index < -0.39 is 17.9 Å². The molecule has 2 amide bonds. The van der Waals surface area contributed by atoms with Crippen LogP contribution in [0.25, 0.3) is 0 Å². The van der Waals surface area contributed by atoms with E-state index in [1.807, 2.05) is 53.4 Å². The van der Waals surface area contributed by atoms with Crippen LogP contribution in [0.3, 0.4) is 0 Å². The van der Waals surface area contributed by atoms with E-state index in [4.69, 9.17) is 15.2 Å². The van der Waals surface area contributed by atoms with E-state index in [1.54, 1.807) is 21.8 Å². The zero-order valence-corrected chi connectivity index (χ0v) is 24.0. The fraction of sp³-hybridized carbons (Fsp3) is 0.438. The van der Waals surface area contributed by atoms with Crippen LogP contribution < -0.4 is 20.1 Å². The molecule has 3 atom stereocenters. The minimum absolute atomic E-state index is 0.0251. The first kappa shape index (κ1) is 29.5. The van der Waals surface area contributed by atoms with E-state index in [0.717, 1.165) is 29.7 Å². The number of carbonyl (C=O) groups excluding carboxylic acids is 2. The summed E-state index contributed by atoms with van der Waals surface area (Å²) >= 11 is 0. The largest absolute Gasteiger partial charge is 0.481 e. The average Bonchev–Trinajstić information content (AvgIpc) is 3.61. The number of allylic oxidation sites excluding steroid dienone is 1. The van der Waals surface area contributed by atoms with E-state index in [-0.39, 0.29) is 31.1 Å². The van der Waals surface area contributed by atoms with Crippen molar-refractivity contribution in [2.45, 2.75) is 51.1 Å². The number of unbranched alkanes of at least 4 members (excludes halogenated alkanes) is 1. The summed E-state index contributed by atoms with van der Waals surface area (Å²) in [5.74, 6) is -0.979. The van der Waals surface area contributed by atoms with Crippen LogP contribution in [0, 0.1) is 5.92 Å². The minimum atomic E-state index is -0.926. The molecule has 0 saturated carbocycles. The smallest absolute Gasteiger partial charge is 0.390 e. The predicted molar refractivity (Wildman–Crippen MR) is 158 cm³/mol. The number of carbonyl (C=O) groups is 3. The van der Waals surface area contributed by atoms with Crippen molar-refractivity contribution in [1.82, 2.24) is 4.90 Å². The summed E-state index contributed by atoms with van der Waals surface area (Å²) in [5, 5.41) is 10.5. The fourth-order valence-corrected chi connectivity index (χ4v) is 6.16. The molecule has 0 aliphatic carbocycles. The molecule has 42 heavy (non-hydrogen) atoms. The number of amides is 2. The molecule has 222 valence electrons. The summed E-state index contributed by atoms with van der Waals surface area (Å²) in [5.41, 5.74) is 8.43. The van der Waals surface area contributed by atoms with E-state index in [0.29, 0.717) is 50.5 Å². The van der Waals surface area contributed by atoms with Gasteiger partial charge in [-0.3, -0.25) is 14.5 Å². The highest BCUT2D eigenvalue weighted by Crippen LogP contribution is 2.42. The zero-order valence-electron chi connectivity index (χ0n) is 24.0. The highest BCUT2D eigenvalue weighted by Gasteiger charge is 2.48. The van der Waals surface area contributed by atoms with Gasteiger partial charge in [-0.25, -0.2) is 4.79 Å². The van der Waals surface area contributed by atoms with E-state index >= 15 is 0 Å². The van der Waals surface area contributed by atoms with Crippen LogP contribution in [-0.4, -0.2) is 77.6 Å². The lowest BCUT2D eigenvalue weighted by Crippen LogP contribution is -2.45. The Kier molecular flexibility index (Phi) is 9.34. The standard InChI is InChI=1S/C32H38N4O6/c1-2-3-14-36(24-8-6-7-22(16-24)18-33)30(38)20-35-19-25(23-10-11-27-28(17-23)42-21-41-27)31(32(39)40)26(35)12-15-34-13-5-4-9-29(34)37/h4-8,10-11,13,16-17,25-26,31H,2-3,9,12,14-15,18-21,33H2,1H3/p+1/t25-,26+,31-/m1/s1. The van der Waals surface area contributed by atoms with Gasteiger partial charge in [-0.05, 0) is 47.9 Å². The molecule has 3 N–H and O–H groups in total. The number of rotatable bonds is 12. The topological polar surface area (TPSA) is 125 Å². The summed E-state index contributed by atoms with van der Waals surface area (Å²) in [6.45, 7) is 3.95. The number of nitrogens with two attached hydrogens (primary N) is 1. The maximum absolute atomic E-state index is 14.0. The number of carboxylic acids is 1. The Labute approximate surface area is 246 Å². The molecule has 2 aromatic rings. The lowest BCUT2D eigenvalue weighted by Gasteiger charge is -2.29. The molecule has 3 aliphatic rings. The van der Waals surface area contributed by atoms with Crippen LogP contribution in [0.5, 0.6) is 11.5 Å². The van der Waals surface area contributed by atoms with Gasteiger partial charge in [-0.2, -0.15) is 4.58 Å². The molecule has 0 bridgehead atoms. The Morgan fingerprint density at radius 1 is 1.17 bits per heavy atom. The van der Waals surface area contributed by atoms with Crippen LogP contribution in [0.1, 0.15) is 49.7 Å². The van der Waals surface area contributed by atoms with E-state index in [2.05, 4.69) is 6.92 Å². The lowest BCUT2D eigenvalue weighted by molar-refractivity contribution is -0.446. The van der Waals surface area contributed by atoms with Crippen molar-refractivity contribution in [3.63, 3.8) is 0 Å². The van der Waals surface area contributed by atoms with Crippen LogP contribution in [-0.2, 0) is 20.9 Å². The fourth-order valence-electron chi connectivity index (χ4n) is 6.16. The van der Waals surface area contributed by atoms with Gasteiger partial charge in [-0.1, -0.05) is 37.6 Å². The second-order valence-electron chi connectivity index (χ2n) is 11.0. The van der Waals surface area contributed by atoms with Crippen molar-refractivity contribution < 1.29 is 33.5 Å². The highest BCUT2D eigenvalue weighted by atomic mass is 16.7. The molecule has 1 fully saturated rings. The quantitative estimate of drug-likeness (QED) is 0.370. The highest BCUT2D eigenvalue weighted by molar-refractivity contribution is 5.95. The van der Waals surface area contributed by atoms with Crippen LogP contribution in [0.4, 0.5) is 5.69 Å². The minimum Gasteiger partial charge on any atom is -0.481 e. The Bertz CT molecular complexity index is 1390. The third-order valence-electron chi connectivity index (χ3n) is 8.37. The van der Waals surface area contributed by atoms with Crippen LogP contribution in [0.2, 0.25) is 0 Å². The number of ether oxygens (including phenoxy) is 2. The maximum Gasteiger partial charge on any atom is 0.390 e. The van der Waals surface area contributed by atoms with Gasteiger partial charge in [0.25, 0.3) is 0 Å². The number of nitrogens with zero attached hydrogens (tertiary/aromatic N) is 3. The van der Waals surface area contributed by atoms with Gasteiger partial charge < -0.3 is 25.2 Å². The zero-order chi connectivity index (χ0) is 29.6. The van der Waals surface area contributed by atoms with Crippen molar-refractivity contribution in [2.24, 2.45) is 11.7 Å². The maximum atomic E-state index is 14.0. The normalized spacial score (nSPS) is 21.4. The molecule has 0 unspecified atom stereocenters. The van der Waals surface area contributed by atoms with Gasteiger partial charge in [0.05, 0.1) is 18.9 Å². The van der Waals surface area contributed by atoms with Gasteiger partial charge in [0.2, 0.25) is 12.7 Å². The molecule has 0 radical (unpaired) electrons. The van der Waals surface area contributed by atoms with Crippen molar-refractivity contribution in [3.8, 4) is 11.5 Å². The van der Waals surface area contributed by atoms with Gasteiger partial charge in [0.15, 0.2) is 24.3 Å². The van der Waals surface area contributed by atoms with Crippen molar-refractivity contribution >= 4 is 29.7 Å².